The van der Waals surface area contributed by atoms with Crippen molar-refractivity contribution in [1.29, 1.82) is 0 Å². The van der Waals surface area contributed by atoms with Gasteiger partial charge in [0.25, 0.3) is 0 Å². The molecule has 0 N–H and O–H groups in total. The van der Waals surface area contributed by atoms with Crippen LogP contribution in [0, 0.1) is 6.92 Å². The Morgan fingerprint density at radius 2 is 1.13 bits per heavy atom. The van der Waals surface area contributed by atoms with Crippen molar-refractivity contribution in [2.45, 2.75) is 43.1 Å². The van der Waals surface area contributed by atoms with Crippen molar-refractivity contribution in [2.75, 3.05) is 0 Å². The Labute approximate surface area is 183 Å². The molecule has 0 amide bonds. The maximum absolute atomic E-state index is 3.10. The Kier molecular flexibility index (Phi) is 4.31. The topological polar surface area (TPSA) is 0 Å². The molecule has 4 aromatic carbocycles. The zero-order valence-electron chi connectivity index (χ0n) is 18.7. The van der Waals surface area contributed by atoms with E-state index in [0.717, 1.165) is 0 Å². The van der Waals surface area contributed by atoms with Crippen molar-refractivity contribution in [1.82, 2.24) is 0 Å². The third kappa shape index (κ3) is 2.29. The van der Waals surface area contributed by atoms with Crippen molar-refractivity contribution >= 4 is 32.8 Å². The molecular weight excluding hydrogens is 421 g/mol. The van der Waals surface area contributed by atoms with E-state index in [9.17, 15) is 0 Å². The molecule has 0 aliphatic carbocycles. The first-order valence-electron chi connectivity index (χ1n) is 11.0. The molecule has 0 nitrogen and oxygen atoms in total. The second-order valence-electron chi connectivity index (χ2n) is 9.89. The van der Waals surface area contributed by atoms with Crippen molar-refractivity contribution in [3.63, 3.8) is 0 Å². The third-order valence-corrected chi connectivity index (χ3v) is 21.8. The predicted octanol–water partition coefficient (Wildman–Crippen LogP) is 6.06. The van der Waals surface area contributed by atoms with Gasteiger partial charge in [-0.2, -0.15) is 0 Å². The predicted molar refractivity (Wildman–Crippen MR) is 133 cm³/mol. The van der Waals surface area contributed by atoms with E-state index >= 15 is 0 Å². The van der Waals surface area contributed by atoms with E-state index in [4.69, 9.17) is 0 Å². The van der Waals surface area contributed by atoms with Crippen LogP contribution in [0.4, 0.5) is 0 Å². The molecule has 30 heavy (non-hydrogen) atoms. The zero-order valence-corrected chi connectivity index (χ0v) is 20.8. The summed E-state index contributed by atoms with van der Waals surface area (Å²) in [5.41, 5.74) is 4.53. The van der Waals surface area contributed by atoms with Gasteiger partial charge < -0.3 is 0 Å². The quantitative estimate of drug-likeness (QED) is 0.325. The summed E-state index contributed by atoms with van der Waals surface area (Å²) < 4.78 is 3.30. The van der Waals surface area contributed by atoms with Gasteiger partial charge in [0, 0.05) is 0 Å². The standard InChI is InChI=1S/C29H30Ge/c1-21-19-20-22-13-12-18-25-26(22)27(21)29(4,5)30(28(25,2)3,23-14-8-6-9-15-23)24-16-10-7-11-17-24/h6-20H,1-5H3. The van der Waals surface area contributed by atoms with Crippen molar-refractivity contribution in [3.05, 3.63) is 108 Å². The van der Waals surface area contributed by atoms with Crippen LogP contribution >= 0.6 is 0 Å². The first-order valence-corrected chi connectivity index (χ1v) is 15.2. The Morgan fingerprint density at radius 1 is 0.567 bits per heavy atom. The van der Waals surface area contributed by atoms with E-state index in [1.165, 1.54) is 21.9 Å². The number of aryl methyl sites for hydroxylation is 1. The Hall–Kier alpha value is -2.32. The molecular formula is C29H30Ge. The van der Waals surface area contributed by atoms with Gasteiger partial charge in [0.05, 0.1) is 0 Å². The average molecular weight is 451 g/mol. The normalized spacial score (nSPS) is 18.3. The maximum atomic E-state index is 2.55. The van der Waals surface area contributed by atoms with Gasteiger partial charge in [-0.25, -0.2) is 0 Å². The Morgan fingerprint density at radius 3 is 1.70 bits per heavy atom. The van der Waals surface area contributed by atoms with Crippen LogP contribution in [0.3, 0.4) is 0 Å². The van der Waals surface area contributed by atoms with Crippen LogP contribution in [0.15, 0.2) is 91.0 Å². The summed E-state index contributed by atoms with van der Waals surface area (Å²) in [4.78, 5) is 0. The fraction of sp³-hybridized carbons (Fsp3) is 0.241. The molecule has 0 unspecified atom stereocenters. The van der Waals surface area contributed by atoms with Gasteiger partial charge in [-0.3, -0.25) is 0 Å². The van der Waals surface area contributed by atoms with Crippen LogP contribution in [0.2, 0.25) is 0 Å². The van der Waals surface area contributed by atoms with Crippen LogP contribution in [0.1, 0.15) is 44.4 Å². The van der Waals surface area contributed by atoms with Crippen molar-refractivity contribution in [3.8, 4) is 0 Å². The van der Waals surface area contributed by atoms with Crippen molar-refractivity contribution in [2.24, 2.45) is 0 Å². The van der Waals surface area contributed by atoms with Gasteiger partial charge in [-0.05, 0) is 0 Å². The monoisotopic (exact) mass is 452 g/mol. The molecule has 0 spiro atoms. The fourth-order valence-corrected chi connectivity index (χ4v) is 22.7. The van der Waals surface area contributed by atoms with Crippen LogP contribution in [0.5, 0.6) is 0 Å². The van der Waals surface area contributed by atoms with E-state index in [0.29, 0.717) is 0 Å². The molecule has 0 radical (unpaired) electrons. The number of rotatable bonds is 2. The van der Waals surface area contributed by atoms with Gasteiger partial charge in [-0.15, -0.1) is 0 Å². The minimum absolute atomic E-state index is 0.0736. The summed E-state index contributed by atoms with van der Waals surface area (Å²) in [7, 11) is 0. The second kappa shape index (κ2) is 6.59. The van der Waals surface area contributed by atoms with Gasteiger partial charge in [0.1, 0.15) is 0 Å². The minimum atomic E-state index is -3.10. The molecule has 1 heteroatoms. The Balaban J connectivity index is 2.04. The van der Waals surface area contributed by atoms with Gasteiger partial charge in [0.15, 0.2) is 0 Å². The summed E-state index contributed by atoms with van der Waals surface area (Å²) >= 11 is -3.10. The third-order valence-electron chi connectivity index (χ3n) is 7.84. The summed E-state index contributed by atoms with van der Waals surface area (Å²) in [5, 5.41) is 2.88. The molecule has 0 saturated heterocycles. The van der Waals surface area contributed by atoms with Gasteiger partial charge in [0.2, 0.25) is 0 Å². The molecule has 1 aliphatic heterocycles. The summed E-state index contributed by atoms with van der Waals surface area (Å²) in [5.74, 6) is 0. The van der Waals surface area contributed by atoms with Crippen LogP contribution < -0.4 is 8.79 Å². The van der Waals surface area contributed by atoms with Gasteiger partial charge >= 0.3 is 184 Å². The zero-order chi connectivity index (χ0) is 21.1. The van der Waals surface area contributed by atoms with E-state index in [1.807, 2.05) is 0 Å². The second-order valence-corrected chi connectivity index (χ2v) is 20.7. The molecule has 1 heterocycles. The first-order chi connectivity index (χ1) is 14.3. The van der Waals surface area contributed by atoms with Crippen LogP contribution in [0.25, 0.3) is 10.8 Å². The average Bonchev–Trinajstić information content (AvgIpc) is 2.74. The van der Waals surface area contributed by atoms with E-state index < -0.39 is 13.3 Å². The molecule has 150 valence electrons. The number of hydrogen-bond donors (Lipinski definition) is 0. The summed E-state index contributed by atoms with van der Waals surface area (Å²) in [6.45, 7) is 12.5. The molecule has 0 bridgehead atoms. The summed E-state index contributed by atoms with van der Waals surface area (Å²) in [6.07, 6.45) is 0. The summed E-state index contributed by atoms with van der Waals surface area (Å²) in [6, 6.07) is 34.6. The number of hydrogen-bond acceptors (Lipinski definition) is 0. The van der Waals surface area contributed by atoms with E-state index in [1.54, 1.807) is 14.4 Å². The fourth-order valence-electron chi connectivity index (χ4n) is 6.97. The van der Waals surface area contributed by atoms with Crippen LogP contribution in [-0.4, -0.2) is 13.3 Å². The molecule has 0 atom stereocenters. The number of benzene rings is 4. The molecule has 0 saturated carbocycles. The van der Waals surface area contributed by atoms with E-state index in [-0.39, 0.29) is 8.49 Å². The first kappa shape index (κ1) is 19.6. The van der Waals surface area contributed by atoms with Crippen LogP contribution in [-0.2, 0) is 8.49 Å². The SMILES string of the molecule is Cc1ccc2cccc3c2c1[C](C)(C)[Ge]([c]1ccccc1)([c]1ccccc1)[C]3(C)C. The molecule has 4 aromatic rings. The molecule has 1 aliphatic rings. The molecule has 0 fully saturated rings. The van der Waals surface area contributed by atoms with Gasteiger partial charge in [-0.1, -0.05) is 0 Å². The Bertz CT molecular complexity index is 1190. The van der Waals surface area contributed by atoms with E-state index in [2.05, 4.69) is 126 Å². The molecule has 5 rings (SSSR count). The molecule has 0 aromatic heterocycles. The van der Waals surface area contributed by atoms with Crippen molar-refractivity contribution < 1.29 is 0 Å².